The van der Waals surface area contributed by atoms with Gasteiger partial charge in [0.15, 0.2) is 23.3 Å². The van der Waals surface area contributed by atoms with Crippen LogP contribution in [0.3, 0.4) is 0 Å². The monoisotopic (exact) mass is 593 g/mol. The molecule has 0 radical (unpaired) electrons. The summed E-state index contributed by atoms with van der Waals surface area (Å²) in [5.41, 5.74) is 7.92. The molecule has 0 saturated heterocycles. The van der Waals surface area contributed by atoms with Crippen LogP contribution in [0.4, 0.5) is 0 Å². The molecule has 0 aliphatic rings. The van der Waals surface area contributed by atoms with Crippen molar-refractivity contribution in [2.45, 2.75) is 13.8 Å². The number of nitriles is 1. The Kier molecular flexibility index (Phi) is 7.60. The van der Waals surface area contributed by atoms with Crippen molar-refractivity contribution in [3.63, 3.8) is 0 Å². The maximum Gasteiger partial charge on any atom is 0.164 e. The van der Waals surface area contributed by atoms with E-state index in [1.807, 2.05) is 141 Å². The van der Waals surface area contributed by atoms with Crippen molar-refractivity contribution in [2.75, 3.05) is 0 Å². The third-order valence-corrected chi connectivity index (χ3v) is 7.63. The third kappa shape index (κ3) is 5.75. The van der Waals surface area contributed by atoms with E-state index in [4.69, 9.17) is 15.0 Å². The maximum atomic E-state index is 10.1. The van der Waals surface area contributed by atoms with E-state index >= 15 is 0 Å². The van der Waals surface area contributed by atoms with Crippen molar-refractivity contribution in [1.82, 2.24) is 29.9 Å². The summed E-state index contributed by atoms with van der Waals surface area (Å²) in [7, 11) is 0. The normalized spacial score (nSPS) is 10.8. The number of hydrogen-bond acceptors (Lipinski definition) is 7. The molecule has 7 nitrogen and oxygen atoms in total. The van der Waals surface area contributed by atoms with Crippen molar-refractivity contribution in [1.29, 1.82) is 5.26 Å². The van der Waals surface area contributed by atoms with Crippen LogP contribution in [0.15, 0.2) is 127 Å². The van der Waals surface area contributed by atoms with Crippen LogP contribution in [-0.2, 0) is 0 Å². The smallest absolute Gasteiger partial charge is 0.164 e. The average molecular weight is 594 g/mol. The van der Waals surface area contributed by atoms with Gasteiger partial charge in [0.25, 0.3) is 0 Å². The number of benzene rings is 5. The second-order valence-corrected chi connectivity index (χ2v) is 10.8. The van der Waals surface area contributed by atoms with Gasteiger partial charge in [-0.2, -0.15) is 5.26 Å². The van der Waals surface area contributed by atoms with Crippen molar-refractivity contribution in [3.8, 4) is 73.9 Å². The highest BCUT2D eigenvalue weighted by atomic mass is 15.0. The molecule has 0 aliphatic heterocycles. The third-order valence-electron chi connectivity index (χ3n) is 7.63. The van der Waals surface area contributed by atoms with E-state index in [1.54, 1.807) is 0 Å². The molecule has 0 saturated carbocycles. The van der Waals surface area contributed by atoms with Crippen molar-refractivity contribution in [3.05, 3.63) is 145 Å². The van der Waals surface area contributed by atoms with Crippen LogP contribution in [-0.4, -0.2) is 29.9 Å². The first-order valence-corrected chi connectivity index (χ1v) is 14.9. The van der Waals surface area contributed by atoms with Crippen LogP contribution in [0.25, 0.3) is 67.8 Å². The largest absolute Gasteiger partial charge is 0.219 e. The molecule has 5 aromatic carbocycles. The molecule has 0 bridgehead atoms. The molecule has 0 spiro atoms. The molecule has 7 rings (SSSR count). The van der Waals surface area contributed by atoms with Gasteiger partial charge in [-0.25, -0.2) is 29.9 Å². The molecule has 7 heteroatoms. The first kappa shape index (κ1) is 28.4. The lowest BCUT2D eigenvalue weighted by atomic mass is 9.90. The Morgan fingerprint density at radius 1 is 0.391 bits per heavy atom. The topological polar surface area (TPSA) is 101 Å². The molecule has 0 aliphatic carbocycles. The van der Waals surface area contributed by atoms with E-state index in [-0.39, 0.29) is 0 Å². The van der Waals surface area contributed by atoms with E-state index in [2.05, 4.69) is 21.0 Å². The lowest BCUT2D eigenvalue weighted by molar-refractivity contribution is 0.928. The Hall–Kier alpha value is -6.39. The molecular weight excluding hydrogens is 566 g/mol. The molecule has 0 amide bonds. The van der Waals surface area contributed by atoms with E-state index in [0.29, 0.717) is 40.5 Å². The van der Waals surface area contributed by atoms with Crippen LogP contribution in [0.2, 0.25) is 0 Å². The predicted molar refractivity (Wildman–Crippen MR) is 180 cm³/mol. The standard InChI is InChI=1S/C39H27N7/c1-25-41-26(2)43-36(42-25)31-22-18-28(19-23-31)35-33(24-40)14-9-15-34(35)27-16-20-32(21-17-27)39-45-37(29-10-5-3-6-11-29)44-38(46-39)30-12-7-4-8-13-30/h3-23H,1-2H3. The Morgan fingerprint density at radius 2 is 0.804 bits per heavy atom. The number of rotatable bonds is 6. The van der Waals surface area contributed by atoms with E-state index < -0.39 is 0 Å². The first-order chi connectivity index (χ1) is 22.6. The van der Waals surface area contributed by atoms with Crippen molar-refractivity contribution in [2.24, 2.45) is 0 Å². The van der Waals surface area contributed by atoms with Crippen LogP contribution >= 0.6 is 0 Å². The fourth-order valence-electron chi connectivity index (χ4n) is 5.46. The van der Waals surface area contributed by atoms with Crippen LogP contribution in [0.5, 0.6) is 0 Å². The molecule has 46 heavy (non-hydrogen) atoms. The van der Waals surface area contributed by atoms with Gasteiger partial charge in [-0.3, -0.25) is 0 Å². The minimum Gasteiger partial charge on any atom is -0.219 e. The van der Waals surface area contributed by atoms with Crippen LogP contribution in [0.1, 0.15) is 17.2 Å². The quantitative estimate of drug-likeness (QED) is 0.190. The number of hydrogen-bond donors (Lipinski definition) is 0. The number of aromatic nitrogens is 6. The fourth-order valence-corrected chi connectivity index (χ4v) is 5.46. The van der Waals surface area contributed by atoms with E-state index in [0.717, 1.165) is 44.5 Å². The molecule has 0 atom stereocenters. The Bertz CT molecular complexity index is 2130. The van der Waals surface area contributed by atoms with Gasteiger partial charge in [-0.1, -0.05) is 121 Å². The second kappa shape index (κ2) is 12.3. The average Bonchev–Trinajstić information content (AvgIpc) is 3.11. The molecule has 218 valence electrons. The predicted octanol–water partition coefficient (Wildman–Crippen LogP) is 8.55. The van der Waals surface area contributed by atoms with Gasteiger partial charge in [0.05, 0.1) is 11.6 Å². The summed E-state index contributed by atoms with van der Waals surface area (Å²) in [5, 5.41) is 10.1. The fraction of sp³-hybridized carbons (Fsp3) is 0.0513. The first-order valence-electron chi connectivity index (χ1n) is 14.9. The maximum absolute atomic E-state index is 10.1. The highest BCUT2D eigenvalue weighted by Gasteiger charge is 2.16. The molecule has 0 fully saturated rings. The van der Waals surface area contributed by atoms with Crippen molar-refractivity contribution >= 4 is 0 Å². The molecular formula is C39H27N7. The van der Waals surface area contributed by atoms with E-state index in [9.17, 15) is 5.26 Å². The highest BCUT2D eigenvalue weighted by molar-refractivity contribution is 5.88. The molecule has 2 aromatic heterocycles. The van der Waals surface area contributed by atoms with Gasteiger partial charge in [0.2, 0.25) is 0 Å². The number of nitrogens with zero attached hydrogens (tertiary/aromatic N) is 7. The number of aryl methyl sites for hydroxylation is 2. The van der Waals surface area contributed by atoms with Gasteiger partial charge >= 0.3 is 0 Å². The Balaban J connectivity index is 1.27. The van der Waals surface area contributed by atoms with Gasteiger partial charge < -0.3 is 0 Å². The van der Waals surface area contributed by atoms with E-state index in [1.165, 1.54) is 0 Å². The Labute approximate surface area is 267 Å². The zero-order chi connectivity index (χ0) is 31.5. The summed E-state index contributed by atoms with van der Waals surface area (Å²) in [6.45, 7) is 3.72. The second-order valence-electron chi connectivity index (χ2n) is 10.8. The van der Waals surface area contributed by atoms with Crippen LogP contribution < -0.4 is 0 Å². The van der Waals surface area contributed by atoms with Gasteiger partial charge in [0, 0.05) is 27.8 Å². The summed E-state index contributed by atoms with van der Waals surface area (Å²) in [5.74, 6) is 3.80. The molecule has 7 aromatic rings. The lowest BCUT2D eigenvalue weighted by Crippen LogP contribution is -2.00. The van der Waals surface area contributed by atoms with Gasteiger partial charge in [-0.05, 0) is 36.6 Å². The molecule has 0 unspecified atom stereocenters. The Morgan fingerprint density at radius 3 is 1.28 bits per heavy atom. The minimum absolute atomic E-state index is 0.588. The van der Waals surface area contributed by atoms with Gasteiger partial charge in [-0.15, -0.1) is 0 Å². The summed E-state index contributed by atoms with van der Waals surface area (Å²) >= 11 is 0. The molecule has 2 heterocycles. The summed E-state index contributed by atoms with van der Waals surface area (Å²) in [6.07, 6.45) is 0. The summed E-state index contributed by atoms with van der Waals surface area (Å²) in [6, 6.07) is 44.2. The summed E-state index contributed by atoms with van der Waals surface area (Å²) in [4.78, 5) is 27.8. The van der Waals surface area contributed by atoms with Crippen molar-refractivity contribution < 1.29 is 0 Å². The zero-order valence-electron chi connectivity index (χ0n) is 25.3. The SMILES string of the molecule is Cc1nc(C)nc(-c2ccc(-c3c(C#N)cccc3-c3ccc(-c4nc(-c5ccccc5)nc(-c5ccccc5)n4)cc3)cc2)n1. The lowest BCUT2D eigenvalue weighted by Gasteiger charge is -2.14. The summed E-state index contributed by atoms with van der Waals surface area (Å²) < 4.78 is 0. The highest BCUT2D eigenvalue weighted by Crippen LogP contribution is 2.36. The van der Waals surface area contributed by atoms with Crippen LogP contribution in [0, 0.1) is 25.2 Å². The minimum atomic E-state index is 0.588. The molecule has 0 N–H and O–H groups in total. The van der Waals surface area contributed by atoms with Gasteiger partial charge in [0.1, 0.15) is 11.6 Å². The zero-order valence-corrected chi connectivity index (χ0v) is 25.3.